The zero-order valence-corrected chi connectivity index (χ0v) is 12.7. The van der Waals surface area contributed by atoms with Gasteiger partial charge in [0, 0.05) is 28.3 Å². The second kappa shape index (κ2) is 6.21. The Morgan fingerprint density at radius 1 is 1.25 bits per heavy atom. The number of cyclic esters (lactones) is 1. The van der Waals surface area contributed by atoms with E-state index in [9.17, 15) is 19.3 Å². The van der Waals surface area contributed by atoms with E-state index in [4.69, 9.17) is 16.3 Å². The third-order valence-corrected chi connectivity index (χ3v) is 3.52. The molecular weight excluding hydrogens is 339 g/mol. The molecule has 1 aliphatic rings. The van der Waals surface area contributed by atoms with Gasteiger partial charge >= 0.3 is 5.97 Å². The minimum absolute atomic E-state index is 0.0488. The molecule has 0 saturated heterocycles. The first-order chi connectivity index (χ1) is 11.4. The summed E-state index contributed by atoms with van der Waals surface area (Å²) in [4.78, 5) is 26.1. The summed E-state index contributed by atoms with van der Waals surface area (Å²) in [6.45, 7) is 0. The van der Waals surface area contributed by atoms with Gasteiger partial charge in [-0.15, -0.1) is 0 Å². The number of carbonyl (C=O) groups is 1. The number of halogens is 2. The van der Waals surface area contributed by atoms with E-state index in [-0.39, 0.29) is 27.9 Å². The van der Waals surface area contributed by atoms with Gasteiger partial charge < -0.3 is 4.74 Å². The standard InChI is InChI=1S/C16H8ClFN2O4/c17-13-5-4-12(20(22)23)7-10(13)8-14-16(21)24-15(19-14)9-2-1-3-11(18)6-9/h1-8H/b14-8-. The molecule has 3 rings (SSSR count). The fourth-order valence-electron chi connectivity index (χ4n) is 2.06. The average Bonchev–Trinajstić information content (AvgIpc) is 2.90. The van der Waals surface area contributed by atoms with Crippen molar-refractivity contribution in [2.75, 3.05) is 0 Å². The zero-order valence-electron chi connectivity index (χ0n) is 11.9. The minimum Gasteiger partial charge on any atom is -0.402 e. The summed E-state index contributed by atoms with van der Waals surface area (Å²) in [6.07, 6.45) is 1.28. The summed E-state index contributed by atoms with van der Waals surface area (Å²) in [7, 11) is 0. The van der Waals surface area contributed by atoms with Crippen LogP contribution >= 0.6 is 11.6 Å². The van der Waals surface area contributed by atoms with Gasteiger partial charge in [-0.25, -0.2) is 14.2 Å². The molecular formula is C16H8ClFN2O4. The number of esters is 1. The van der Waals surface area contributed by atoms with Crippen molar-refractivity contribution < 1.29 is 18.8 Å². The molecule has 0 aromatic heterocycles. The normalized spacial score (nSPS) is 15.3. The largest absolute Gasteiger partial charge is 0.402 e. The molecule has 2 aromatic rings. The van der Waals surface area contributed by atoms with E-state index in [1.54, 1.807) is 6.07 Å². The zero-order chi connectivity index (χ0) is 17.3. The number of rotatable bonds is 3. The maximum atomic E-state index is 13.2. The Hall–Kier alpha value is -3.06. The van der Waals surface area contributed by atoms with E-state index in [0.29, 0.717) is 5.56 Å². The van der Waals surface area contributed by atoms with Gasteiger partial charge in [-0.2, -0.15) is 0 Å². The van der Waals surface area contributed by atoms with Gasteiger partial charge in [0.1, 0.15) is 5.82 Å². The lowest BCUT2D eigenvalue weighted by molar-refractivity contribution is -0.384. The first-order valence-corrected chi connectivity index (χ1v) is 7.04. The Labute approximate surface area is 140 Å². The van der Waals surface area contributed by atoms with E-state index in [0.717, 1.165) is 0 Å². The van der Waals surface area contributed by atoms with Crippen molar-refractivity contribution in [2.24, 2.45) is 4.99 Å². The number of nitro groups is 1. The smallest absolute Gasteiger partial charge is 0.363 e. The SMILES string of the molecule is O=C1OC(c2cccc(F)c2)=N/C1=C\c1cc([N+](=O)[O-])ccc1Cl. The van der Waals surface area contributed by atoms with Crippen LogP contribution in [-0.2, 0) is 9.53 Å². The van der Waals surface area contributed by atoms with Crippen LogP contribution in [0.3, 0.4) is 0 Å². The molecule has 0 amide bonds. The third-order valence-electron chi connectivity index (χ3n) is 3.17. The highest BCUT2D eigenvalue weighted by Gasteiger charge is 2.25. The van der Waals surface area contributed by atoms with Gasteiger partial charge in [0.15, 0.2) is 5.70 Å². The number of ether oxygens (including phenoxy) is 1. The molecule has 0 spiro atoms. The molecule has 0 atom stereocenters. The van der Waals surface area contributed by atoms with Crippen LogP contribution in [0.1, 0.15) is 11.1 Å². The van der Waals surface area contributed by atoms with Crippen molar-refractivity contribution in [1.29, 1.82) is 0 Å². The molecule has 2 aromatic carbocycles. The Morgan fingerprint density at radius 2 is 2.04 bits per heavy atom. The van der Waals surface area contributed by atoms with Crippen LogP contribution in [0.5, 0.6) is 0 Å². The molecule has 0 aliphatic carbocycles. The monoisotopic (exact) mass is 346 g/mol. The van der Waals surface area contributed by atoms with Crippen LogP contribution in [-0.4, -0.2) is 16.8 Å². The van der Waals surface area contributed by atoms with Crippen LogP contribution in [0.25, 0.3) is 6.08 Å². The number of nitro benzene ring substituents is 1. The predicted octanol–water partition coefficient (Wildman–Crippen LogP) is 3.73. The molecule has 24 heavy (non-hydrogen) atoms. The van der Waals surface area contributed by atoms with Crippen LogP contribution in [0, 0.1) is 15.9 Å². The molecule has 120 valence electrons. The third kappa shape index (κ3) is 3.16. The van der Waals surface area contributed by atoms with E-state index >= 15 is 0 Å². The van der Waals surface area contributed by atoms with Gasteiger partial charge in [0.05, 0.1) is 4.92 Å². The average molecular weight is 347 g/mol. The molecule has 1 aliphatic heterocycles. The lowest BCUT2D eigenvalue weighted by Crippen LogP contribution is -2.05. The summed E-state index contributed by atoms with van der Waals surface area (Å²) in [5, 5.41) is 11.0. The molecule has 0 bridgehead atoms. The van der Waals surface area contributed by atoms with Gasteiger partial charge in [-0.1, -0.05) is 17.7 Å². The number of aliphatic imine (C=N–C) groups is 1. The first-order valence-electron chi connectivity index (χ1n) is 6.66. The van der Waals surface area contributed by atoms with Crippen LogP contribution < -0.4 is 0 Å². The number of benzene rings is 2. The molecule has 0 N–H and O–H groups in total. The number of carbonyl (C=O) groups excluding carboxylic acids is 1. The number of non-ortho nitro benzene ring substituents is 1. The second-order valence-corrected chi connectivity index (χ2v) is 5.22. The lowest BCUT2D eigenvalue weighted by atomic mass is 10.1. The van der Waals surface area contributed by atoms with Gasteiger partial charge in [0.2, 0.25) is 5.90 Å². The highest BCUT2D eigenvalue weighted by atomic mass is 35.5. The summed E-state index contributed by atoms with van der Waals surface area (Å²) >= 11 is 5.98. The Kier molecular flexibility index (Phi) is 4.09. The second-order valence-electron chi connectivity index (χ2n) is 4.81. The minimum atomic E-state index is -0.753. The predicted molar refractivity (Wildman–Crippen MR) is 85.1 cm³/mol. The molecule has 1 heterocycles. The summed E-state index contributed by atoms with van der Waals surface area (Å²) in [5.74, 6) is -1.30. The molecule has 0 saturated carbocycles. The van der Waals surface area contributed by atoms with E-state index in [1.165, 1.54) is 42.5 Å². The Bertz CT molecular complexity index is 924. The first kappa shape index (κ1) is 15.8. The van der Waals surface area contributed by atoms with E-state index in [2.05, 4.69) is 4.99 Å². The van der Waals surface area contributed by atoms with Gasteiger partial charge in [-0.3, -0.25) is 10.1 Å². The maximum Gasteiger partial charge on any atom is 0.363 e. The maximum absolute atomic E-state index is 13.2. The van der Waals surface area contributed by atoms with Gasteiger partial charge in [0.25, 0.3) is 5.69 Å². The number of hydrogen-bond acceptors (Lipinski definition) is 5. The fourth-order valence-corrected chi connectivity index (χ4v) is 2.23. The van der Waals surface area contributed by atoms with Crippen molar-refractivity contribution in [3.05, 3.63) is 80.2 Å². The Balaban J connectivity index is 2.00. The highest BCUT2D eigenvalue weighted by Crippen LogP contribution is 2.26. The van der Waals surface area contributed by atoms with Crippen LogP contribution in [0.15, 0.2) is 53.2 Å². The Morgan fingerprint density at radius 3 is 2.75 bits per heavy atom. The number of hydrogen-bond donors (Lipinski definition) is 0. The summed E-state index contributed by atoms with van der Waals surface area (Å²) < 4.78 is 18.2. The van der Waals surface area contributed by atoms with Crippen molar-refractivity contribution in [3.63, 3.8) is 0 Å². The molecule has 0 radical (unpaired) electrons. The van der Waals surface area contributed by atoms with Gasteiger partial charge in [-0.05, 0) is 30.3 Å². The lowest BCUT2D eigenvalue weighted by Gasteiger charge is -1.99. The fraction of sp³-hybridized carbons (Fsp3) is 0. The molecule has 0 fully saturated rings. The highest BCUT2D eigenvalue weighted by molar-refractivity contribution is 6.32. The van der Waals surface area contributed by atoms with Crippen LogP contribution in [0.2, 0.25) is 5.02 Å². The van der Waals surface area contributed by atoms with E-state index < -0.39 is 16.7 Å². The molecule has 8 heteroatoms. The van der Waals surface area contributed by atoms with Crippen molar-refractivity contribution >= 4 is 35.2 Å². The van der Waals surface area contributed by atoms with E-state index in [1.807, 2.05) is 0 Å². The molecule has 6 nitrogen and oxygen atoms in total. The van der Waals surface area contributed by atoms with Crippen molar-refractivity contribution in [1.82, 2.24) is 0 Å². The summed E-state index contributed by atoms with van der Waals surface area (Å²) in [6, 6.07) is 9.25. The quantitative estimate of drug-likeness (QED) is 0.367. The number of nitrogens with zero attached hydrogens (tertiary/aromatic N) is 2. The topological polar surface area (TPSA) is 81.8 Å². The van der Waals surface area contributed by atoms with Crippen molar-refractivity contribution in [2.45, 2.75) is 0 Å². The molecule has 0 unspecified atom stereocenters. The van der Waals surface area contributed by atoms with Crippen LogP contribution in [0.4, 0.5) is 10.1 Å². The van der Waals surface area contributed by atoms with Crippen molar-refractivity contribution in [3.8, 4) is 0 Å². The summed E-state index contributed by atoms with van der Waals surface area (Å²) in [5.41, 5.74) is 0.294.